The molecule has 0 spiro atoms. The molecule has 0 radical (unpaired) electrons. The van der Waals surface area contributed by atoms with Gasteiger partial charge in [0.15, 0.2) is 0 Å². The zero-order chi connectivity index (χ0) is 18.5. The fourth-order valence-electron chi connectivity index (χ4n) is 2.99. The molecule has 1 aliphatic heterocycles. The number of nitrogens with one attached hydrogen (secondary N) is 1. The van der Waals surface area contributed by atoms with Crippen molar-refractivity contribution in [3.05, 3.63) is 65.2 Å². The van der Waals surface area contributed by atoms with Gasteiger partial charge in [0.1, 0.15) is 0 Å². The second kappa shape index (κ2) is 7.95. The Bertz CT molecular complexity index is 844. The average Bonchev–Trinajstić information content (AvgIpc) is 2.64. The fraction of sp³-hybridized carbons (Fsp3) is 0.286. The lowest BCUT2D eigenvalue weighted by atomic mass is 10.0. The predicted octanol–water partition coefficient (Wildman–Crippen LogP) is 3.66. The van der Waals surface area contributed by atoms with Crippen molar-refractivity contribution in [1.29, 1.82) is 0 Å². The number of hydrazone groups is 1. The normalized spacial score (nSPS) is 14.2. The molecule has 0 saturated carbocycles. The quantitative estimate of drug-likeness (QED) is 0.895. The first kappa shape index (κ1) is 17.9. The Hall–Kier alpha value is -2.95. The van der Waals surface area contributed by atoms with E-state index in [4.69, 9.17) is 0 Å². The van der Waals surface area contributed by atoms with Crippen molar-refractivity contribution in [3.63, 3.8) is 0 Å². The van der Waals surface area contributed by atoms with Crippen LogP contribution in [0.4, 0.5) is 5.69 Å². The Kier molecular flexibility index (Phi) is 5.46. The summed E-state index contributed by atoms with van der Waals surface area (Å²) < 4.78 is 0. The van der Waals surface area contributed by atoms with Gasteiger partial charge in [0.05, 0.1) is 12.3 Å². The van der Waals surface area contributed by atoms with Gasteiger partial charge in [0.2, 0.25) is 11.8 Å². The maximum absolute atomic E-state index is 12.3. The van der Waals surface area contributed by atoms with Crippen molar-refractivity contribution in [2.24, 2.45) is 5.10 Å². The largest absolute Gasteiger partial charge is 0.326 e. The highest BCUT2D eigenvalue weighted by Crippen LogP contribution is 2.18. The number of hydrogen-bond donors (Lipinski definition) is 1. The molecule has 2 amide bonds. The number of carbonyl (C=O) groups is 2. The van der Waals surface area contributed by atoms with Crippen molar-refractivity contribution in [1.82, 2.24) is 5.01 Å². The molecule has 0 aromatic heterocycles. The molecule has 1 N–H and O–H groups in total. The van der Waals surface area contributed by atoms with E-state index in [1.165, 1.54) is 5.01 Å². The summed E-state index contributed by atoms with van der Waals surface area (Å²) in [6, 6.07) is 15.7. The van der Waals surface area contributed by atoms with Gasteiger partial charge in [-0.15, -0.1) is 0 Å². The molecule has 0 bridgehead atoms. The molecule has 5 nitrogen and oxygen atoms in total. The lowest BCUT2D eigenvalue weighted by Crippen LogP contribution is -2.34. The van der Waals surface area contributed by atoms with E-state index in [9.17, 15) is 9.59 Å². The van der Waals surface area contributed by atoms with Crippen molar-refractivity contribution < 1.29 is 9.59 Å². The highest BCUT2D eigenvalue weighted by molar-refractivity contribution is 6.04. The van der Waals surface area contributed by atoms with Gasteiger partial charge in [-0.2, -0.15) is 5.10 Å². The first-order chi connectivity index (χ1) is 12.5. The summed E-state index contributed by atoms with van der Waals surface area (Å²) in [4.78, 5) is 24.4. The molecule has 0 atom stereocenters. The molecule has 5 heteroatoms. The van der Waals surface area contributed by atoms with E-state index < -0.39 is 0 Å². The second-order valence-electron chi connectivity index (χ2n) is 6.55. The van der Waals surface area contributed by atoms with Crippen LogP contribution in [0.3, 0.4) is 0 Å². The highest BCUT2D eigenvalue weighted by Gasteiger charge is 2.21. The number of benzene rings is 2. The van der Waals surface area contributed by atoms with Gasteiger partial charge in [-0.1, -0.05) is 48.0 Å². The maximum atomic E-state index is 12.3. The molecular weight excluding hydrogens is 326 g/mol. The molecule has 26 heavy (non-hydrogen) atoms. The van der Waals surface area contributed by atoms with Crippen LogP contribution < -0.4 is 5.32 Å². The Labute approximate surface area is 153 Å². The van der Waals surface area contributed by atoms with Crippen molar-refractivity contribution in [2.75, 3.05) is 11.9 Å². The summed E-state index contributed by atoms with van der Waals surface area (Å²) in [6.45, 7) is 4.27. The van der Waals surface area contributed by atoms with Crippen LogP contribution in [0.5, 0.6) is 0 Å². The van der Waals surface area contributed by atoms with Crippen LogP contribution in [0, 0.1) is 13.8 Å². The molecule has 2 aromatic carbocycles. The first-order valence-corrected chi connectivity index (χ1v) is 8.83. The van der Waals surface area contributed by atoms with Crippen LogP contribution in [0.1, 0.15) is 36.0 Å². The third-order valence-corrected chi connectivity index (χ3v) is 4.42. The van der Waals surface area contributed by atoms with E-state index in [1.807, 2.05) is 62.4 Å². The Balaban J connectivity index is 1.62. The molecule has 0 aliphatic carbocycles. The minimum Gasteiger partial charge on any atom is -0.326 e. The van der Waals surface area contributed by atoms with E-state index in [1.54, 1.807) is 0 Å². The molecule has 134 valence electrons. The van der Waals surface area contributed by atoms with Crippen LogP contribution in [-0.2, 0) is 9.59 Å². The number of anilines is 1. The van der Waals surface area contributed by atoms with Gasteiger partial charge in [0.25, 0.3) is 0 Å². The first-order valence-electron chi connectivity index (χ1n) is 8.83. The average molecular weight is 349 g/mol. The molecule has 1 heterocycles. The van der Waals surface area contributed by atoms with Crippen molar-refractivity contribution >= 4 is 23.2 Å². The summed E-state index contributed by atoms with van der Waals surface area (Å²) in [7, 11) is 0. The number of aryl methyl sites for hydroxylation is 2. The third-order valence-electron chi connectivity index (χ3n) is 4.42. The molecule has 0 unspecified atom stereocenters. The van der Waals surface area contributed by atoms with E-state index in [0.29, 0.717) is 12.8 Å². The number of carbonyl (C=O) groups excluding carboxylic acids is 2. The third kappa shape index (κ3) is 4.36. The summed E-state index contributed by atoms with van der Waals surface area (Å²) in [5.74, 6) is -0.157. The molecule has 0 saturated heterocycles. The van der Waals surface area contributed by atoms with Crippen molar-refractivity contribution in [2.45, 2.75) is 33.1 Å². The maximum Gasteiger partial charge on any atom is 0.243 e. The molecule has 1 aliphatic rings. The Morgan fingerprint density at radius 1 is 1.12 bits per heavy atom. The topological polar surface area (TPSA) is 61.8 Å². The van der Waals surface area contributed by atoms with E-state index >= 15 is 0 Å². The van der Waals surface area contributed by atoms with Gasteiger partial charge >= 0.3 is 0 Å². The lowest BCUT2D eigenvalue weighted by molar-refractivity contribution is -0.132. The summed E-state index contributed by atoms with van der Waals surface area (Å²) in [6.07, 6.45) is 1.27. The number of rotatable bonds is 5. The Morgan fingerprint density at radius 2 is 1.88 bits per heavy atom. The van der Waals surface area contributed by atoms with Gasteiger partial charge in [0, 0.05) is 24.9 Å². The van der Waals surface area contributed by atoms with Gasteiger partial charge in [-0.25, -0.2) is 5.01 Å². The lowest BCUT2D eigenvalue weighted by Gasteiger charge is -2.23. The monoisotopic (exact) mass is 349 g/mol. The molecular formula is C21H23N3O2. The van der Waals surface area contributed by atoms with E-state index in [0.717, 1.165) is 28.1 Å². The molecule has 3 rings (SSSR count). The molecule has 0 fully saturated rings. The van der Waals surface area contributed by atoms with Crippen molar-refractivity contribution in [3.8, 4) is 0 Å². The fourth-order valence-corrected chi connectivity index (χ4v) is 2.99. The SMILES string of the molecule is Cc1ccc(NC(=O)CCN2N=C(c3ccccc3)CCC2=O)c(C)c1. The van der Waals surface area contributed by atoms with Gasteiger partial charge in [-0.3, -0.25) is 9.59 Å². The minimum atomic E-state index is -0.119. The Morgan fingerprint density at radius 3 is 2.62 bits per heavy atom. The zero-order valence-electron chi connectivity index (χ0n) is 15.2. The van der Waals surface area contributed by atoms with E-state index in [2.05, 4.69) is 10.4 Å². The minimum absolute atomic E-state index is 0.0380. The van der Waals surface area contributed by atoms with Crippen LogP contribution >= 0.6 is 0 Å². The van der Waals surface area contributed by atoms with Crippen LogP contribution in [0.2, 0.25) is 0 Å². The molecule has 2 aromatic rings. The zero-order valence-corrected chi connectivity index (χ0v) is 15.2. The summed E-state index contributed by atoms with van der Waals surface area (Å²) >= 11 is 0. The summed E-state index contributed by atoms with van der Waals surface area (Å²) in [5.41, 5.74) is 4.89. The van der Waals surface area contributed by atoms with Gasteiger partial charge < -0.3 is 5.32 Å². The van der Waals surface area contributed by atoms with E-state index in [-0.39, 0.29) is 24.8 Å². The summed E-state index contributed by atoms with van der Waals surface area (Å²) in [5, 5.41) is 8.80. The standard InChI is InChI=1S/C21H23N3O2/c1-15-8-9-18(16(2)14-15)22-20(25)12-13-24-21(26)11-10-19(23-24)17-6-4-3-5-7-17/h3-9,14H,10-13H2,1-2H3,(H,22,25). The van der Waals surface area contributed by atoms with Crippen LogP contribution in [0.15, 0.2) is 53.6 Å². The van der Waals surface area contributed by atoms with Gasteiger partial charge in [-0.05, 0) is 31.0 Å². The second-order valence-corrected chi connectivity index (χ2v) is 6.55. The number of hydrogen-bond acceptors (Lipinski definition) is 3. The number of amides is 2. The predicted molar refractivity (Wildman–Crippen MR) is 103 cm³/mol. The smallest absolute Gasteiger partial charge is 0.243 e. The number of nitrogens with zero attached hydrogens (tertiary/aromatic N) is 2. The highest BCUT2D eigenvalue weighted by atomic mass is 16.2. The van der Waals surface area contributed by atoms with Crippen LogP contribution in [-0.4, -0.2) is 29.1 Å². The van der Waals surface area contributed by atoms with Crippen LogP contribution in [0.25, 0.3) is 0 Å².